The molecular formula is C8H13NO4S. The van der Waals surface area contributed by atoms with Crippen LogP contribution in [-0.4, -0.2) is 32.0 Å². The minimum atomic E-state index is -3.54. The van der Waals surface area contributed by atoms with Crippen molar-refractivity contribution >= 4 is 15.8 Å². The summed E-state index contributed by atoms with van der Waals surface area (Å²) < 4.78 is 27.2. The number of nitriles is 1. The van der Waals surface area contributed by atoms with Crippen molar-refractivity contribution in [1.82, 2.24) is 0 Å². The molecule has 1 atom stereocenters. The number of hydrogen-bond acceptors (Lipinski definition) is 5. The normalized spacial score (nSPS) is 12.9. The summed E-state index contributed by atoms with van der Waals surface area (Å²) in [4.78, 5) is 10.9. The summed E-state index contributed by atoms with van der Waals surface area (Å²) in [5.41, 5.74) is 0. The predicted molar refractivity (Wildman–Crippen MR) is 50.1 cm³/mol. The monoisotopic (exact) mass is 219 g/mol. The van der Waals surface area contributed by atoms with Gasteiger partial charge in [0.25, 0.3) is 0 Å². The van der Waals surface area contributed by atoms with Crippen LogP contribution in [0.25, 0.3) is 0 Å². The molecule has 0 aliphatic heterocycles. The van der Waals surface area contributed by atoms with Crippen LogP contribution in [0.5, 0.6) is 0 Å². The molecule has 0 aliphatic carbocycles. The molecule has 5 nitrogen and oxygen atoms in total. The number of ether oxygens (including phenoxy) is 1. The Morgan fingerprint density at radius 3 is 2.57 bits per heavy atom. The van der Waals surface area contributed by atoms with E-state index in [-0.39, 0.29) is 13.0 Å². The SMILES string of the molecule is CCOC(=O)CS(=O)(=O)C(C)CC#N. The summed E-state index contributed by atoms with van der Waals surface area (Å²) in [5, 5.41) is 7.48. The van der Waals surface area contributed by atoms with E-state index in [1.54, 1.807) is 13.0 Å². The van der Waals surface area contributed by atoms with Crippen LogP contribution in [0, 0.1) is 11.3 Å². The molecule has 0 aromatic heterocycles. The lowest BCUT2D eigenvalue weighted by Crippen LogP contribution is -2.26. The second-order valence-corrected chi connectivity index (χ2v) is 5.20. The molecule has 80 valence electrons. The zero-order chi connectivity index (χ0) is 11.2. The van der Waals surface area contributed by atoms with E-state index < -0.39 is 26.8 Å². The Bertz CT molecular complexity index is 328. The van der Waals surface area contributed by atoms with Gasteiger partial charge in [0.05, 0.1) is 24.3 Å². The van der Waals surface area contributed by atoms with Crippen LogP contribution < -0.4 is 0 Å². The third-order valence-electron chi connectivity index (χ3n) is 1.62. The van der Waals surface area contributed by atoms with Gasteiger partial charge in [-0.15, -0.1) is 0 Å². The molecule has 0 saturated carbocycles. The number of rotatable bonds is 5. The topological polar surface area (TPSA) is 84.2 Å². The Morgan fingerprint density at radius 1 is 1.57 bits per heavy atom. The van der Waals surface area contributed by atoms with Gasteiger partial charge in [-0.3, -0.25) is 4.79 Å². The average molecular weight is 219 g/mol. The van der Waals surface area contributed by atoms with Crippen LogP contribution >= 0.6 is 0 Å². The number of sulfone groups is 1. The summed E-state index contributed by atoms with van der Waals surface area (Å²) in [7, 11) is -3.54. The molecule has 14 heavy (non-hydrogen) atoms. The molecule has 0 spiro atoms. The molecule has 0 aromatic carbocycles. The minimum Gasteiger partial charge on any atom is -0.465 e. The van der Waals surface area contributed by atoms with Gasteiger partial charge in [-0.25, -0.2) is 8.42 Å². The molecule has 0 heterocycles. The largest absolute Gasteiger partial charge is 0.465 e. The maximum Gasteiger partial charge on any atom is 0.321 e. The van der Waals surface area contributed by atoms with Gasteiger partial charge in [0.15, 0.2) is 9.84 Å². The third kappa shape index (κ3) is 4.23. The van der Waals surface area contributed by atoms with Gasteiger partial charge in [-0.1, -0.05) is 0 Å². The van der Waals surface area contributed by atoms with Crippen molar-refractivity contribution in [1.29, 1.82) is 5.26 Å². The molecule has 0 N–H and O–H groups in total. The van der Waals surface area contributed by atoms with Crippen molar-refractivity contribution in [3.63, 3.8) is 0 Å². The minimum absolute atomic E-state index is 0.109. The maximum absolute atomic E-state index is 11.4. The van der Waals surface area contributed by atoms with E-state index in [9.17, 15) is 13.2 Å². The highest BCUT2D eigenvalue weighted by atomic mass is 32.2. The van der Waals surface area contributed by atoms with E-state index in [2.05, 4.69) is 4.74 Å². The summed E-state index contributed by atoms with van der Waals surface area (Å²) in [6.07, 6.45) is -0.109. The molecular weight excluding hydrogens is 206 g/mol. The highest BCUT2D eigenvalue weighted by molar-refractivity contribution is 7.92. The first kappa shape index (κ1) is 12.9. The molecule has 0 aliphatic rings. The van der Waals surface area contributed by atoms with E-state index in [0.717, 1.165) is 0 Å². The summed E-state index contributed by atoms with van der Waals surface area (Å²) in [6, 6.07) is 1.75. The molecule has 1 unspecified atom stereocenters. The maximum atomic E-state index is 11.4. The Balaban J connectivity index is 4.36. The van der Waals surface area contributed by atoms with Crippen LogP contribution in [-0.2, 0) is 19.4 Å². The molecule has 0 fully saturated rings. The summed E-state index contributed by atoms with van der Waals surface area (Å²) in [5.74, 6) is -1.42. The van der Waals surface area contributed by atoms with Gasteiger partial charge < -0.3 is 4.74 Å². The number of esters is 1. The van der Waals surface area contributed by atoms with Crippen molar-refractivity contribution in [2.75, 3.05) is 12.4 Å². The average Bonchev–Trinajstić information content (AvgIpc) is 2.03. The van der Waals surface area contributed by atoms with Crippen LogP contribution in [0.1, 0.15) is 20.3 Å². The lowest BCUT2D eigenvalue weighted by molar-refractivity contribution is -0.139. The molecule has 0 radical (unpaired) electrons. The van der Waals surface area contributed by atoms with Crippen LogP contribution in [0.4, 0.5) is 0 Å². The first-order valence-corrected chi connectivity index (χ1v) is 5.89. The van der Waals surface area contributed by atoms with Gasteiger partial charge in [-0.2, -0.15) is 5.26 Å². The second-order valence-electron chi connectivity index (χ2n) is 2.79. The number of carbonyl (C=O) groups is 1. The van der Waals surface area contributed by atoms with Gasteiger partial charge in [0.2, 0.25) is 0 Å². The summed E-state index contributed by atoms with van der Waals surface area (Å²) in [6.45, 7) is 3.15. The van der Waals surface area contributed by atoms with Crippen molar-refractivity contribution in [2.45, 2.75) is 25.5 Å². The fourth-order valence-electron chi connectivity index (χ4n) is 0.765. The first-order valence-electron chi connectivity index (χ1n) is 4.18. The Labute approximate surface area is 83.6 Å². The van der Waals surface area contributed by atoms with Crippen molar-refractivity contribution < 1.29 is 17.9 Å². The Hall–Kier alpha value is -1.09. The lowest BCUT2D eigenvalue weighted by Gasteiger charge is -2.08. The number of nitrogens with zero attached hydrogens (tertiary/aromatic N) is 1. The predicted octanol–water partition coefficient (Wildman–Crippen LogP) is 0.266. The molecule has 0 amide bonds. The zero-order valence-corrected chi connectivity index (χ0v) is 9.00. The van der Waals surface area contributed by atoms with Crippen molar-refractivity contribution in [3.8, 4) is 6.07 Å². The highest BCUT2D eigenvalue weighted by Gasteiger charge is 2.24. The van der Waals surface area contributed by atoms with Crippen molar-refractivity contribution in [3.05, 3.63) is 0 Å². The van der Waals surface area contributed by atoms with Gasteiger partial charge in [-0.05, 0) is 13.8 Å². The van der Waals surface area contributed by atoms with Gasteiger partial charge >= 0.3 is 5.97 Å². The lowest BCUT2D eigenvalue weighted by atomic mass is 10.4. The smallest absolute Gasteiger partial charge is 0.321 e. The standard InChI is InChI=1S/C8H13NO4S/c1-3-13-8(10)6-14(11,12)7(2)4-5-9/h7H,3-4,6H2,1-2H3. The molecule has 6 heteroatoms. The Morgan fingerprint density at radius 2 is 2.14 bits per heavy atom. The van der Waals surface area contributed by atoms with Crippen LogP contribution in [0.2, 0.25) is 0 Å². The van der Waals surface area contributed by atoms with E-state index >= 15 is 0 Å². The van der Waals surface area contributed by atoms with Crippen molar-refractivity contribution in [2.24, 2.45) is 0 Å². The fourth-order valence-corrected chi connectivity index (χ4v) is 1.79. The Kier molecular flexibility index (Phi) is 5.16. The third-order valence-corrected chi connectivity index (χ3v) is 3.65. The second kappa shape index (κ2) is 5.60. The van der Waals surface area contributed by atoms with Crippen LogP contribution in [0.15, 0.2) is 0 Å². The first-order chi connectivity index (χ1) is 6.44. The van der Waals surface area contributed by atoms with E-state index in [1.807, 2.05) is 0 Å². The zero-order valence-electron chi connectivity index (χ0n) is 8.19. The number of carbonyl (C=O) groups excluding carboxylic acids is 1. The fraction of sp³-hybridized carbons (Fsp3) is 0.750. The van der Waals surface area contributed by atoms with E-state index in [1.165, 1.54) is 6.92 Å². The summed E-state index contributed by atoms with van der Waals surface area (Å²) >= 11 is 0. The molecule has 0 rings (SSSR count). The van der Waals surface area contributed by atoms with Crippen LogP contribution in [0.3, 0.4) is 0 Å². The highest BCUT2D eigenvalue weighted by Crippen LogP contribution is 2.06. The quantitative estimate of drug-likeness (QED) is 0.619. The van der Waals surface area contributed by atoms with E-state index in [0.29, 0.717) is 0 Å². The molecule has 0 bridgehead atoms. The van der Waals surface area contributed by atoms with E-state index in [4.69, 9.17) is 5.26 Å². The number of hydrogen-bond donors (Lipinski definition) is 0. The molecule has 0 saturated heterocycles. The van der Waals surface area contributed by atoms with Gasteiger partial charge in [0, 0.05) is 0 Å². The molecule has 0 aromatic rings. The van der Waals surface area contributed by atoms with Gasteiger partial charge in [0.1, 0.15) is 5.75 Å².